The molecule has 0 spiro atoms. The quantitative estimate of drug-likeness (QED) is 0.776. The fraction of sp³-hybridized carbons (Fsp3) is 0.167. The fourth-order valence-corrected chi connectivity index (χ4v) is 1.66. The second-order valence-electron chi connectivity index (χ2n) is 3.58. The van der Waals surface area contributed by atoms with Crippen LogP contribution in [-0.4, -0.2) is 17.9 Å². The summed E-state index contributed by atoms with van der Waals surface area (Å²) in [6.45, 7) is 1.47. The Bertz CT molecular complexity index is 519. The van der Waals surface area contributed by atoms with Crippen molar-refractivity contribution in [2.75, 3.05) is 12.1 Å². The van der Waals surface area contributed by atoms with Crippen molar-refractivity contribution < 1.29 is 4.79 Å². The second-order valence-corrected chi connectivity index (χ2v) is 3.58. The van der Waals surface area contributed by atoms with Crippen molar-refractivity contribution in [1.82, 2.24) is 10.4 Å². The summed E-state index contributed by atoms with van der Waals surface area (Å²) in [5.41, 5.74) is 2.68. The van der Waals surface area contributed by atoms with Crippen LogP contribution >= 0.6 is 0 Å². The molecule has 1 aromatic carbocycles. The number of amides is 1. The summed E-state index contributed by atoms with van der Waals surface area (Å²) in [5.74, 6) is 0.630. The predicted molar refractivity (Wildman–Crippen MR) is 64.0 cm³/mol. The van der Waals surface area contributed by atoms with Crippen molar-refractivity contribution >= 4 is 22.5 Å². The number of hydrogen-bond acceptors (Lipinski definition) is 3. The molecule has 1 aromatic heterocycles. The molecule has 0 saturated heterocycles. The van der Waals surface area contributed by atoms with E-state index in [9.17, 15) is 4.79 Å². The third-order valence-electron chi connectivity index (χ3n) is 2.30. The van der Waals surface area contributed by atoms with Crippen LogP contribution in [0.5, 0.6) is 0 Å². The number of carbonyl (C=O) groups is 1. The molecule has 4 nitrogen and oxygen atoms in total. The first-order valence-corrected chi connectivity index (χ1v) is 5.03. The van der Waals surface area contributed by atoms with Crippen LogP contribution in [0.2, 0.25) is 0 Å². The van der Waals surface area contributed by atoms with Gasteiger partial charge in [-0.1, -0.05) is 24.3 Å². The summed E-state index contributed by atoms with van der Waals surface area (Å²) >= 11 is 0. The number of rotatable bonds is 2. The molecule has 0 fully saturated rings. The number of hydrogen-bond donors (Lipinski definition) is 1. The van der Waals surface area contributed by atoms with Crippen LogP contribution in [-0.2, 0) is 4.79 Å². The highest BCUT2D eigenvalue weighted by Crippen LogP contribution is 2.21. The minimum atomic E-state index is -0.114. The molecule has 0 aliphatic carbocycles. The van der Waals surface area contributed by atoms with Crippen molar-refractivity contribution in [3.63, 3.8) is 0 Å². The fourth-order valence-electron chi connectivity index (χ4n) is 1.66. The maximum atomic E-state index is 11.0. The number of carbonyl (C=O) groups excluding carboxylic acids is 1. The van der Waals surface area contributed by atoms with Gasteiger partial charge in [0, 0.05) is 25.6 Å². The maximum Gasteiger partial charge on any atom is 0.235 e. The molecule has 2 aromatic rings. The lowest BCUT2D eigenvalue weighted by molar-refractivity contribution is -0.119. The van der Waals surface area contributed by atoms with E-state index in [1.807, 2.05) is 30.3 Å². The normalized spacial score (nSPS) is 10.1. The highest BCUT2D eigenvalue weighted by atomic mass is 16.2. The Hall–Kier alpha value is -2.10. The van der Waals surface area contributed by atoms with Gasteiger partial charge in [-0.2, -0.15) is 0 Å². The largest absolute Gasteiger partial charge is 0.274 e. The Labute approximate surface area is 93.9 Å². The van der Waals surface area contributed by atoms with E-state index in [1.165, 1.54) is 6.92 Å². The lowest BCUT2D eigenvalue weighted by Gasteiger charge is -2.19. The van der Waals surface area contributed by atoms with Crippen molar-refractivity contribution in [3.8, 4) is 0 Å². The van der Waals surface area contributed by atoms with Gasteiger partial charge < -0.3 is 0 Å². The monoisotopic (exact) mass is 215 g/mol. The first kappa shape index (κ1) is 10.4. The molecule has 2 rings (SSSR count). The number of fused-ring (bicyclic) bond motifs is 1. The van der Waals surface area contributed by atoms with Gasteiger partial charge in [-0.15, -0.1) is 0 Å². The van der Waals surface area contributed by atoms with Crippen LogP contribution in [0, 0.1) is 0 Å². The maximum absolute atomic E-state index is 11.0. The molecule has 0 atom stereocenters. The topological polar surface area (TPSA) is 45.2 Å². The molecule has 1 amide bonds. The number of nitrogens with zero attached hydrogens (tertiary/aromatic N) is 2. The third kappa shape index (κ3) is 1.95. The van der Waals surface area contributed by atoms with Crippen LogP contribution in [0.25, 0.3) is 10.8 Å². The number of pyridine rings is 1. The van der Waals surface area contributed by atoms with Gasteiger partial charge in [0.15, 0.2) is 5.82 Å². The molecule has 1 heterocycles. The van der Waals surface area contributed by atoms with Gasteiger partial charge in [0.2, 0.25) is 5.91 Å². The summed E-state index contributed by atoms with van der Waals surface area (Å²) in [6.07, 6.45) is 1.73. The standard InChI is InChI=1S/C12H13N3O/c1-9(16)14-15(2)12-11-6-4-3-5-10(11)7-8-13-12/h3-8H,1-2H3,(H,14,16). The van der Waals surface area contributed by atoms with Crippen LogP contribution in [0.4, 0.5) is 5.82 Å². The van der Waals surface area contributed by atoms with E-state index in [0.717, 1.165) is 16.6 Å². The Balaban J connectivity index is 2.47. The van der Waals surface area contributed by atoms with E-state index in [4.69, 9.17) is 0 Å². The van der Waals surface area contributed by atoms with Crippen molar-refractivity contribution in [2.24, 2.45) is 0 Å². The van der Waals surface area contributed by atoms with Crippen molar-refractivity contribution in [2.45, 2.75) is 6.92 Å². The van der Waals surface area contributed by atoms with Crippen LogP contribution in [0.3, 0.4) is 0 Å². The number of nitrogens with one attached hydrogen (secondary N) is 1. The van der Waals surface area contributed by atoms with Gasteiger partial charge in [0.1, 0.15) is 0 Å². The van der Waals surface area contributed by atoms with E-state index in [0.29, 0.717) is 0 Å². The second kappa shape index (κ2) is 4.18. The van der Waals surface area contributed by atoms with E-state index >= 15 is 0 Å². The molecule has 0 radical (unpaired) electrons. The molecule has 0 bridgehead atoms. The van der Waals surface area contributed by atoms with E-state index in [1.54, 1.807) is 18.3 Å². The Morgan fingerprint density at radius 2 is 2.06 bits per heavy atom. The molecule has 1 N–H and O–H groups in total. The van der Waals surface area contributed by atoms with E-state index in [2.05, 4.69) is 10.4 Å². The lowest BCUT2D eigenvalue weighted by Crippen LogP contribution is -2.38. The molecule has 82 valence electrons. The van der Waals surface area contributed by atoms with Crippen LogP contribution in [0.15, 0.2) is 36.5 Å². The zero-order valence-corrected chi connectivity index (χ0v) is 9.27. The van der Waals surface area contributed by atoms with Gasteiger partial charge in [-0.25, -0.2) is 4.98 Å². The number of benzene rings is 1. The number of hydrazine groups is 1. The van der Waals surface area contributed by atoms with Crippen molar-refractivity contribution in [3.05, 3.63) is 36.5 Å². The molecule has 0 aliphatic heterocycles. The Morgan fingerprint density at radius 1 is 1.31 bits per heavy atom. The summed E-state index contributed by atoms with van der Waals surface area (Å²) in [7, 11) is 1.77. The van der Waals surface area contributed by atoms with Gasteiger partial charge in [-0.05, 0) is 11.5 Å². The highest BCUT2D eigenvalue weighted by molar-refractivity contribution is 5.92. The Morgan fingerprint density at radius 3 is 2.81 bits per heavy atom. The SMILES string of the molecule is CC(=O)NN(C)c1nccc2ccccc12. The first-order chi connectivity index (χ1) is 7.68. The average Bonchev–Trinajstić information content (AvgIpc) is 2.27. The summed E-state index contributed by atoms with van der Waals surface area (Å²) < 4.78 is 0. The first-order valence-electron chi connectivity index (χ1n) is 5.03. The van der Waals surface area contributed by atoms with Gasteiger partial charge >= 0.3 is 0 Å². The zero-order chi connectivity index (χ0) is 11.5. The molecule has 0 aliphatic rings. The summed E-state index contributed by atoms with van der Waals surface area (Å²) in [6, 6.07) is 9.87. The minimum Gasteiger partial charge on any atom is -0.274 e. The van der Waals surface area contributed by atoms with E-state index in [-0.39, 0.29) is 5.91 Å². The molecule has 4 heteroatoms. The number of anilines is 1. The zero-order valence-electron chi connectivity index (χ0n) is 9.27. The minimum absolute atomic E-state index is 0.114. The van der Waals surface area contributed by atoms with Gasteiger partial charge in [-0.3, -0.25) is 15.2 Å². The lowest BCUT2D eigenvalue weighted by atomic mass is 10.1. The third-order valence-corrected chi connectivity index (χ3v) is 2.30. The van der Waals surface area contributed by atoms with E-state index < -0.39 is 0 Å². The smallest absolute Gasteiger partial charge is 0.235 e. The highest BCUT2D eigenvalue weighted by Gasteiger charge is 2.07. The molecule has 16 heavy (non-hydrogen) atoms. The van der Waals surface area contributed by atoms with Gasteiger partial charge in [0.25, 0.3) is 0 Å². The Kier molecular flexibility index (Phi) is 2.72. The van der Waals surface area contributed by atoms with Crippen molar-refractivity contribution in [1.29, 1.82) is 0 Å². The summed E-state index contributed by atoms with van der Waals surface area (Å²) in [4.78, 5) is 15.3. The summed E-state index contributed by atoms with van der Waals surface area (Å²) in [5, 5.41) is 3.75. The number of aromatic nitrogens is 1. The molecular weight excluding hydrogens is 202 g/mol. The van der Waals surface area contributed by atoms with Crippen LogP contribution < -0.4 is 10.4 Å². The molecule has 0 saturated carbocycles. The predicted octanol–water partition coefficient (Wildman–Crippen LogP) is 1.72. The molecule has 0 unspecified atom stereocenters. The van der Waals surface area contributed by atoms with Crippen LogP contribution in [0.1, 0.15) is 6.92 Å². The van der Waals surface area contributed by atoms with Gasteiger partial charge in [0.05, 0.1) is 0 Å². The average molecular weight is 215 g/mol. The molecular formula is C12H13N3O.